The van der Waals surface area contributed by atoms with E-state index in [1.54, 1.807) is 0 Å². The normalized spacial score (nSPS) is 10.0. The molecule has 0 saturated carbocycles. The van der Waals surface area contributed by atoms with Gasteiger partial charge in [0, 0.05) is 11.9 Å². The summed E-state index contributed by atoms with van der Waals surface area (Å²) in [4.78, 5) is 27.0. The molecule has 1 aromatic carbocycles. The van der Waals surface area contributed by atoms with Crippen molar-refractivity contribution >= 4 is 29.2 Å². The van der Waals surface area contributed by atoms with Crippen LogP contribution in [-0.4, -0.2) is 23.5 Å². The maximum Gasteiger partial charge on any atom is 0.341 e. The van der Waals surface area contributed by atoms with Crippen molar-refractivity contribution in [2.24, 2.45) is 0 Å². The standard InChI is InChI=1S/C14H10ClFN2O3/c15-13-11(5-2-6-17-13)14(20)21-8-12(19)18-10-4-1-3-9(16)7-10/h1-7H,8H2,(H,18,19). The lowest BCUT2D eigenvalue weighted by molar-refractivity contribution is -0.119. The fraction of sp³-hybridized carbons (Fsp3) is 0.0714. The Bertz CT molecular complexity index is 679. The molecule has 1 aromatic heterocycles. The number of carbonyl (C=O) groups is 2. The molecule has 0 bridgehead atoms. The van der Waals surface area contributed by atoms with Gasteiger partial charge < -0.3 is 10.1 Å². The van der Waals surface area contributed by atoms with Gasteiger partial charge in [0.25, 0.3) is 5.91 Å². The first-order valence-electron chi connectivity index (χ1n) is 5.89. The van der Waals surface area contributed by atoms with E-state index in [1.165, 1.54) is 36.5 Å². The van der Waals surface area contributed by atoms with E-state index in [-0.39, 0.29) is 16.4 Å². The first-order valence-corrected chi connectivity index (χ1v) is 6.27. The summed E-state index contributed by atoms with van der Waals surface area (Å²) in [5.74, 6) is -1.83. The minimum atomic E-state index is -0.762. The summed E-state index contributed by atoms with van der Waals surface area (Å²) >= 11 is 5.73. The van der Waals surface area contributed by atoms with E-state index in [9.17, 15) is 14.0 Å². The highest BCUT2D eigenvalue weighted by Gasteiger charge is 2.14. The van der Waals surface area contributed by atoms with Crippen LogP contribution in [0.1, 0.15) is 10.4 Å². The number of esters is 1. The van der Waals surface area contributed by atoms with Crippen molar-refractivity contribution in [2.45, 2.75) is 0 Å². The first kappa shape index (κ1) is 14.9. The number of rotatable bonds is 4. The lowest BCUT2D eigenvalue weighted by atomic mass is 10.3. The topological polar surface area (TPSA) is 68.3 Å². The van der Waals surface area contributed by atoms with E-state index >= 15 is 0 Å². The van der Waals surface area contributed by atoms with E-state index in [0.717, 1.165) is 6.07 Å². The molecule has 0 aliphatic carbocycles. The molecule has 2 rings (SSSR count). The summed E-state index contributed by atoms with van der Waals surface area (Å²) in [6.45, 7) is -0.513. The summed E-state index contributed by atoms with van der Waals surface area (Å²) in [6.07, 6.45) is 1.43. The van der Waals surface area contributed by atoms with Gasteiger partial charge in [-0.15, -0.1) is 0 Å². The van der Waals surface area contributed by atoms with Gasteiger partial charge >= 0.3 is 5.97 Å². The Morgan fingerprint density at radius 2 is 2.10 bits per heavy atom. The minimum Gasteiger partial charge on any atom is -0.452 e. The molecule has 7 heteroatoms. The molecule has 0 fully saturated rings. The van der Waals surface area contributed by atoms with Gasteiger partial charge in [-0.3, -0.25) is 4.79 Å². The van der Waals surface area contributed by atoms with Crippen LogP contribution in [0.3, 0.4) is 0 Å². The number of benzene rings is 1. The Kier molecular flexibility index (Phi) is 4.84. The molecule has 0 aliphatic heterocycles. The number of hydrogen-bond donors (Lipinski definition) is 1. The second-order valence-electron chi connectivity index (χ2n) is 3.98. The third-order valence-corrected chi connectivity index (χ3v) is 2.72. The number of aromatic nitrogens is 1. The van der Waals surface area contributed by atoms with Gasteiger partial charge in [0.1, 0.15) is 11.0 Å². The van der Waals surface area contributed by atoms with Gasteiger partial charge in [-0.25, -0.2) is 14.2 Å². The molecule has 1 heterocycles. The van der Waals surface area contributed by atoms with Crippen molar-refractivity contribution < 1.29 is 18.7 Å². The largest absolute Gasteiger partial charge is 0.452 e. The molecule has 5 nitrogen and oxygen atoms in total. The van der Waals surface area contributed by atoms with Crippen LogP contribution in [-0.2, 0) is 9.53 Å². The van der Waals surface area contributed by atoms with Gasteiger partial charge in [-0.2, -0.15) is 0 Å². The van der Waals surface area contributed by atoms with Gasteiger partial charge in [-0.05, 0) is 30.3 Å². The van der Waals surface area contributed by atoms with Crippen LogP contribution >= 0.6 is 11.6 Å². The predicted octanol–water partition coefficient (Wildman–Crippen LogP) is 2.67. The van der Waals surface area contributed by atoms with Crippen molar-refractivity contribution in [1.29, 1.82) is 0 Å². The average Bonchev–Trinajstić information content (AvgIpc) is 2.45. The first-order chi connectivity index (χ1) is 10.1. The molecule has 0 unspecified atom stereocenters. The molecule has 21 heavy (non-hydrogen) atoms. The van der Waals surface area contributed by atoms with Crippen molar-refractivity contribution in [3.05, 3.63) is 59.1 Å². The summed E-state index contributed by atoms with van der Waals surface area (Å²) in [5.41, 5.74) is 0.341. The molecular formula is C14H10ClFN2O3. The van der Waals surface area contributed by atoms with E-state index in [1.807, 2.05) is 0 Å². The van der Waals surface area contributed by atoms with E-state index in [4.69, 9.17) is 16.3 Å². The molecule has 108 valence electrons. The summed E-state index contributed by atoms with van der Waals surface area (Å²) in [7, 11) is 0. The molecule has 0 radical (unpaired) electrons. The van der Waals surface area contributed by atoms with Crippen LogP contribution in [0.2, 0.25) is 5.15 Å². The number of anilines is 1. The van der Waals surface area contributed by atoms with Crippen molar-refractivity contribution in [2.75, 3.05) is 11.9 Å². The predicted molar refractivity (Wildman–Crippen MR) is 74.6 cm³/mol. The van der Waals surface area contributed by atoms with Crippen LogP contribution in [0.25, 0.3) is 0 Å². The SMILES string of the molecule is O=C(COC(=O)c1cccnc1Cl)Nc1cccc(F)c1. The van der Waals surface area contributed by atoms with E-state index in [0.29, 0.717) is 0 Å². The quantitative estimate of drug-likeness (QED) is 0.696. The fourth-order valence-electron chi connectivity index (χ4n) is 1.51. The maximum atomic E-state index is 12.9. The van der Waals surface area contributed by atoms with Crippen LogP contribution in [0.4, 0.5) is 10.1 Å². The summed E-state index contributed by atoms with van der Waals surface area (Å²) in [6, 6.07) is 8.32. The van der Waals surface area contributed by atoms with Gasteiger partial charge in [0.15, 0.2) is 6.61 Å². The van der Waals surface area contributed by atoms with Crippen LogP contribution in [0.5, 0.6) is 0 Å². The van der Waals surface area contributed by atoms with Gasteiger partial charge in [0.2, 0.25) is 0 Å². The Labute approximate surface area is 124 Å². The molecule has 1 amide bonds. The number of hydrogen-bond acceptors (Lipinski definition) is 4. The number of amides is 1. The maximum absolute atomic E-state index is 12.9. The highest BCUT2D eigenvalue weighted by molar-refractivity contribution is 6.32. The van der Waals surface area contributed by atoms with Gasteiger partial charge in [0.05, 0.1) is 5.56 Å². The van der Waals surface area contributed by atoms with Crippen molar-refractivity contribution in [3.8, 4) is 0 Å². The van der Waals surface area contributed by atoms with E-state index < -0.39 is 24.3 Å². The number of nitrogens with one attached hydrogen (secondary N) is 1. The zero-order valence-electron chi connectivity index (χ0n) is 10.7. The highest BCUT2D eigenvalue weighted by atomic mass is 35.5. The summed E-state index contributed by atoms with van der Waals surface area (Å²) in [5, 5.41) is 2.39. The third-order valence-electron chi connectivity index (χ3n) is 2.42. The fourth-order valence-corrected chi connectivity index (χ4v) is 1.71. The van der Waals surface area contributed by atoms with E-state index in [2.05, 4.69) is 10.3 Å². The molecule has 0 aliphatic rings. The average molecular weight is 309 g/mol. The van der Waals surface area contributed by atoms with Crippen LogP contribution in [0, 0.1) is 5.82 Å². The number of carbonyl (C=O) groups excluding carboxylic acids is 2. The smallest absolute Gasteiger partial charge is 0.341 e. The Morgan fingerprint density at radius 1 is 1.29 bits per heavy atom. The third kappa shape index (κ3) is 4.25. The Morgan fingerprint density at radius 3 is 2.81 bits per heavy atom. The lowest BCUT2D eigenvalue weighted by Gasteiger charge is -2.07. The van der Waals surface area contributed by atoms with Gasteiger partial charge in [-0.1, -0.05) is 17.7 Å². The second kappa shape index (κ2) is 6.81. The number of halogens is 2. The highest BCUT2D eigenvalue weighted by Crippen LogP contribution is 2.13. The van der Waals surface area contributed by atoms with Crippen LogP contribution < -0.4 is 5.32 Å². The molecule has 1 N–H and O–H groups in total. The zero-order chi connectivity index (χ0) is 15.2. The summed E-state index contributed by atoms with van der Waals surface area (Å²) < 4.78 is 17.7. The lowest BCUT2D eigenvalue weighted by Crippen LogP contribution is -2.21. The molecule has 0 atom stereocenters. The number of pyridine rings is 1. The monoisotopic (exact) mass is 308 g/mol. The zero-order valence-corrected chi connectivity index (χ0v) is 11.4. The molecule has 2 aromatic rings. The molecule has 0 saturated heterocycles. The molecular weight excluding hydrogens is 299 g/mol. The number of nitrogens with zero attached hydrogens (tertiary/aromatic N) is 1. The number of ether oxygens (including phenoxy) is 1. The molecule has 0 spiro atoms. The Balaban J connectivity index is 1.90. The van der Waals surface area contributed by atoms with Crippen molar-refractivity contribution in [1.82, 2.24) is 4.98 Å². The second-order valence-corrected chi connectivity index (χ2v) is 4.33. The minimum absolute atomic E-state index is 0.00645. The Hall–Kier alpha value is -2.47. The van der Waals surface area contributed by atoms with Crippen molar-refractivity contribution in [3.63, 3.8) is 0 Å². The van der Waals surface area contributed by atoms with Crippen LogP contribution in [0.15, 0.2) is 42.6 Å².